The van der Waals surface area contributed by atoms with Gasteiger partial charge in [0.05, 0.1) is 27.6 Å². The van der Waals surface area contributed by atoms with Gasteiger partial charge in [0, 0.05) is 24.1 Å². The fraction of sp³-hybridized carbons (Fsp3) is 0.467. The SMILES string of the molecule is CCCNC(Cc1c(Br)c(C)nn1C)c1ncccc1Br. The molecule has 0 aliphatic rings. The second kappa shape index (κ2) is 7.51. The van der Waals surface area contributed by atoms with Crippen LogP contribution in [0.4, 0.5) is 0 Å². The highest BCUT2D eigenvalue weighted by Crippen LogP contribution is 2.28. The molecule has 0 saturated carbocycles. The lowest BCUT2D eigenvalue weighted by Gasteiger charge is -2.19. The lowest BCUT2D eigenvalue weighted by atomic mass is 10.1. The summed E-state index contributed by atoms with van der Waals surface area (Å²) in [5, 5.41) is 8.05. The molecule has 0 bridgehead atoms. The molecule has 2 aromatic heterocycles. The van der Waals surface area contributed by atoms with Gasteiger partial charge in [-0.2, -0.15) is 5.10 Å². The van der Waals surface area contributed by atoms with E-state index in [1.807, 2.05) is 37.0 Å². The van der Waals surface area contributed by atoms with Crippen LogP contribution in [0.15, 0.2) is 27.3 Å². The lowest BCUT2D eigenvalue weighted by Crippen LogP contribution is -2.26. The largest absolute Gasteiger partial charge is 0.308 e. The van der Waals surface area contributed by atoms with Gasteiger partial charge in [-0.15, -0.1) is 0 Å². The second-order valence-electron chi connectivity index (χ2n) is 5.05. The number of rotatable bonds is 6. The molecular weight excluding hydrogens is 396 g/mol. The van der Waals surface area contributed by atoms with Gasteiger partial charge in [-0.05, 0) is 63.9 Å². The van der Waals surface area contributed by atoms with E-state index < -0.39 is 0 Å². The van der Waals surface area contributed by atoms with Crippen molar-refractivity contribution in [3.8, 4) is 0 Å². The molecular formula is C15H20Br2N4. The predicted octanol–water partition coefficient (Wildman–Crippen LogP) is 3.93. The highest BCUT2D eigenvalue weighted by molar-refractivity contribution is 9.10. The fourth-order valence-corrected chi connectivity index (χ4v) is 3.36. The van der Waals surface area contributed by atoms with E-state index in [0.717, 1.165) is 39.7 Å². The molecule has 4 nitrogen and oxygen atoms in total. The van der Waals surface area contributed by atoms with Crippen molar-refractivity contribution in [2.24, 2.45) is 7.05 Å². The third kappa shape index (κ3) is 3.93. The molecule has 0 aromatic carbocycles. The number of hydrogen-bond acceptors (Lipinski definition) is 3. The van der Waals surface area contributed by atoms with E-state index in [2.05, 4.69) is 54.2 Å². The van der Waals surface area contributed by atoms with Crippen LogP contribution in [0.5, 0.6) is 0 Å². The second-order valence-corrected chi connectivity index (χ2v) is 6.70. The summed E-state index contributed by atoms with van der Waals surface area (Å²) < 4.78 is 4.06. The van der Waals surface area contributed by atoms with Gasteiger partial charge in [-0.25, -0.2) is 0 Å². The molecule has 2 aromatic rings. The van der Waals surface area contributed by atoms with Crippen LogP contribution < -0.4 is 5.32 Å². The van der Waals surface area contributed by atoms with Crippen molar-refractivity contribution in [3.05, 3.63) is 44.4 Å². The van der Waals surface area contributed by atoms with Crippen molar-refractivity contribution >= 4 is 31.9 Å². The molecule has 0 amide bonds. The fourth-order valence-electron chi connectivity index (χ4n) is 2.33. The van der Waals surface area contributed by atoms with E-state index in [0.29, 0.717) is 0 Å². The minimum absolute atomic E-state index is 0.159. The van der Waals surface area contributed by atoms with Gasteiger partial charge >= 0.3 is 0 Å². The molecule has 2 rings (SSSR count). The number of nitrogens with one attached hydrogen (secondary N) is 1. The number of pyridine rings is 1. The molecule has 6 heteroatoms. The molecule has 0 saturated heterocycles. The maximum absolute atomic E-state index is 4.54. The van der Waals surface area contributed by atoms with Gasteiger partial charge in [0.1, 0.15) is 0 Å². The Kier molecular flexibility index (Phi) is 5.96. The summed E-state index contributed by atoms with van der Waals surface area (Å²) in [4.78, 5) is 4.54. The number of aryl methyl sites for hydroxylation is 2. The van der Waals surface area contributed by atoms with Crippen molar-refractivity contribution in [1.29, 1.82) is 0 Å². The van der Waals surface area contributed by atoms with Crippen LogP contribution in [0.25, 0.3) is 0 Å². The maximum atomic E-state index is 4.54. The van der Waals surface area contributed by atoms with Crippen molar-refractivity contribution in [3.63, 3.8) is 0 Å². The van der Waals surface area contributed by atoms with Gasteiger partial charge in [0.15, 0.2) is 0 Å². The minimum Gasteiger partial charge on any atom is -0.308 e. The molecule has 1 atom stereocenters. The molecule has 1 N–H and O–H groups in total. The first-order valence-electron chi connectivity index (χ1n) is 7.06. The zero-order valence-electron chi connectivity index (χ0n) is 12.5. The van der Waals surface area contributed by atoms with Crippen molar-refractivity contribution in [1.82, 2.24) is 20.1 Å². The van der Waals surface area contributed by atoms with E-state index in [4.69, 9.17) is 0 Å². The summed E-state index contributed by atoms with van der Waals surface area (Å²) in [6.45, 7) is 5.14. The Labute approximate surface area is 142 Å². The first-order chi connectivity index (χ1) is 10.0. The van der Waals surface area contributed by atoms with Crippen molar-refractivity contribution in [2.75, 3.05) is 6.54 Å². The first-order valence-corrected chi connectivity index (χ1v) is 8.65. The smallest absolute Gasteiger partial charge is 0.0738 e. The van der Waals surface area contributed by atoms with E-state index >= 15 is 0 Å². The van der Waals surface area contributed by atoms with Crippen LogP contribution in [0, 0.1) is 6.92 Å². The van der Waals surface area contributed by atoms with Crippen LogP contribution in [0.1, 0.15) is 36.5 Å². The normalized spacial score (nSPS) is 12.6. The topological polar surface area (TPSA) is 42.7 Å². The van der Waals surface area contributed by atoms with Gasteiger partial charge < -0.3 is 5.32 Å². The lowest BCUT2D eigenvalue weighted by molar-refractivity contribution is 0.499. The zero-order valence-corrected chi connectivity index (χ0v) is 15.7. The number of hydrogen-bond donors (Lipinski definition) is 1. The monoisotopic (exact) mass is 414 g/mol. The van der Waals surface area contributed by atoms with Crippen LogP contribution in [-0.4, -0.2) is 21.3 Å². The van der Waals surface area contributed by atoms with Gasteiger partial charge in [0.2, 0.25) is 0 Å². The highest BCUT2D eigenvalue weighted by Gasteiger charge is 2.20. The third-order valence-electron chi connectivity index (χ3n) is 3.42. The Morgan fingerprint density at radius 2 is 2.14 bits per heavy atom. The summed E-state index contributed by atoms with van der Waals surface area (Å²) >= 11 is 7.25. The summed E-state index contributed by atoms with van der Waals surface area (Å²) in [5.74, 6) is 0. The molecule has 21 heavy (non-hydrogen) atoms. The maximum Gasteiger partial charge on any atom is 0.0738 e. The molecule has 0 fully saturated rings. The van der Waals surface area contributed by atoms with Crippen LogP contribution in [0.3, 0.4) is 0 Å². The average molecular weight is 416 g/mol. The Hall–Kier alpha value is -0.720. The Morgan fingerprint density at radius 1 is 1.38 bits per heavy atom. The van der Waals surface area contributed by atoms with E-state index in [-0.39, 0.29) is 6.04 Å². The third-order valence-corrected chi connectivity index (χ3v) is 5.12. The number of halogens is 2. The van der Waals surface area contributed by atoms with E-state index in [1.54, 1.807) is 0 Å². The number of nitrogens with zero attached hydrogens (tertiary/aromatic N) is 3. The quantitative estimate of drug-likeness (QED) is 0.776. The van der Waals surface area contributed by atoms with E-state index in [1.165, 1.54) is 5.69 Å². The van der Waals surface area contributed by atoms with E-state index in [9.17, 15) is 0 Å². The standard InChI is InChI=1S/C15H20Br2N4/c1-4-7-18-12(15-11(16)6-5-8-19-15)9-13-14(17)10(2)20-21(13)3/h5-6,8,12,18H,4,7,9H2,1-3H3. The highest BCUT2D eigenvalue weighted by atomic mass is 79.9. The predicted molar refractivity (Wildman–Crippen MR) is 92.3 cm³/mol. The van der Waals surface area contributed by atoms with Crippen LogP contribution in [-0.2, 0) is 13.5 Å². The molecule has 114 valence electrons. The molecule has 0 aliphatic carbocycles. The van der Waals surface area contributed by atoms with Crippen LogP contribution >= 0.6 is 31.9 Å². The molecule has 0 radical (unpaired) electrons. The van der Waals surface area contributed by atoms with Crippen molar-refractivity contribution < 1.29 is 0 Å². The average Bonchev–Trinajstić information content (AvgIpc) is 2.70. The Bertz CT molecular complexity index is 610. The molecule has 0 spiro atoms. The molecule has 2 heterocycles. The first kappa shape index (κ1) is 16.6. The van der Waals surface area contributed by atoms with Crippen molar-refractivity contribution in [2.45, 2.75) is 32.7 Å². The van der Waals surface area contributed by atoms with Gasteiger partial charge in [-0.3, -0.25) is 9.67 Å². The summed E-state index contributed by atoms with van der Waals surface area (Å²) in [7, 11) is 1.98. The minimum atomic E-state index is 0.159. The van der Waals surface area contributed by atoms with Gasteiger partial charge in [-0.1, -0.05) is 6.92 Å². The Morgan fingerprint density at radius 3 is 2.71 bits per heavy atom. The number of aromatic nitrogens is 3. The summed E-state index contributed by atoms with van der Waals surface area (Å²) in [5.41, 5.74) is 3.23. The molecule has 0 aliphatic heterocycles. The Balaban J connectivity index is 2.31. The summed E-state index contributed by atoms with van der Waals surface area (Å²) in [6.07, 6.45) is 3.77. The summed E-state index contributed by atoms with van der Waals surface area (Å²) in [6, 6.07) is 4.13. The molecule has 1 unspecified atom stereocenters. The van der Waals surface area contributed by atoms with Gasteiger partial charge in [0.25, 0.3) is 0 Å². The zero-order chi connectivity index (χ0) is 15.4. The van der Waals surface area contributed by atoms with Crippen LogP contribution in [0.2, 0.25) is 0 Å².